The molecule has 1 saturated carbocycles. The summed E-state index contributed by atoms with van der Waals surface area (Å²) in [6.07, 6.45) is 5.16. The van der Waals surface area contributed by atoms with E-state index in [-0.39, 0.29) is 11.9 Å². The predicted octanol–water partition coefficient (Wildman–Crippen LogP) is 2.30. The Morgan fingerprint density at radius 2 is 1.89 bits per heavy atom. The van der Waals surface area contributed by atoms with Gasteiger partial charge in [0.2, 0.25) is 0 Å². The van der Waals surface area contributed by atoms with Crippen LogP contribution in [0.1, 0.15) is 37.7 Å². The van der Waals surface area contributed by atoms with Gasteiger partial charge in [-0.2, -0.15) is 4.74 Å². The first-order chi connectivity index (χ1) is 9.20. The fourth-order valence-corrected chi connectivity index (χ4v) is 3.06. The molecule has 0 saturated heterocycles. The minimum Gasteiger partial charge on any atom is -0.623 e. The van der Waals surface area contributed by atoms with Gasteiger partial charge in [-0.25, -0.2) is 0 Å². The van der Waals surface area contributed by atoms with Crippen molar-refractivity contribution in [1.29, 1.82) is 0 Å². The van der Waals surface area contributed by atoms with E-state index in [0.29, 0.717) is 5.71 Å². The Bertz CT molecular complexity index is 545. The highest BCUT2D eigenvalue weighted by Gasteiger charge is 2.39. The molecule has 1 aliphatic heterocycles. The summed E-state index contributed by atoms with van der Waals surface area (Å²) in [7, 11) is 1.73. The molecular weight excluding hydrogens is 240 g/mol. The number of hydroxylamine groups is 1. The van der Waals surface area contributed by atoms with Gasteiger partial charge in [0.1, 0.15) is 0 Å². The topological polar surface area (TPSA) is 46.4 Å². The second kappa shape index (κ2) is 4.68. The lowest BCUT2D eigenvalue weighted by Crippen LogP contribution is -2.36. The number of carbonyl (C=O) groups excluding carboxylic acids is 1. The van der Waals surface area contributed by atoms with Crippen molar-refractivity contribution in [2.75, 3.05) is 11.9 Å². The molecule has 0 N–H and O–H groups in total. The van der Waals surface area contributed by atoms with Crippen molar-refractivity contribution in [3.63, 3.8) is 0 Å². The maximum absolute atomic E-state index is 12.6. The van der Waals surface area contributed by atoms with Gasteiger partial charge < -0.3 is 10.1 Å². The average molecular weight is 258 g/mol. The smallest absolute Gasteiger partial charge is 0.324 e. The number of para-hydroxylation sites is 1. The van der Waals surface area contributed by atoms with Crippen LogP contribution in [0, 0.1) is 5.21 Å². The van der Waals surface area contributed by atoms with E-state index in [0.717, 1.165) is 41.7 Å². The fraction of sp³-hybridized carbons (Fsp3) is 0.467. The molecular formula is C15H18N2O2. The van der Waals surface area contributed by atoms with Crippen LogP contribution in [0.3, 0.4) is 0 Å². The van der Waals surface area contributed by atoms with E-state index in [1.165, 1.54) is 6.42 Å². The second-order valence-electron chi connectivity index (χ2n) is 5.35. The molecule has 1 amide bonds. The monoisotopic (exact) mass is 258 g/mol. The number of carbonyl (C=O) groups is 1. The third-order valence-corrected chi connectivity index (χ3v) is 4.15. The Morgan fingerprint density at radius 3 is 2.63 bits per heavy atom. The Hall–Kier alpha value is -1.84. The number of benzene rings is 1. The van der Waals surface area contributed by atoms with Gasteiger partial charge in [0.25, 0.3) is 5.71 Å². The molecule has 0 radical (unpaired) electrons. The van der Waals surface area contributed by atoms with Crippen LogP contribution < -0.4 is 4.90 Å². The molecule has 2 aliphatic rings. The van der Waals surface area contributed by atoms with Crippen molar-refractivity contribution >= 4 is 17.3 Å². The van der Waals surface area contributed by atoms with Crippen LogP contribution in [0.25, 0.3) is 0 Å². The molecule has 4 heteroatoms. The van der Waals surface area contributed by atoms with E-state index in [1.54, 1.807) is 11.9 Å². The van der Waals surface area contributed by atoms with Gasteiger partial charge in [-0.05, 0) is 25.0 Å². The van der Waals surface area contributed by atoms with Crippen LogP contribution in [0.15, 0.2) is 24.3 Å². The summed E-state index contributed by atoms with van der Waals surface area (Å²) in [5, 5.41) is 12.6. The molecule has 1 heterocycles. The zero-order valence-electron chi connectivity index (χ0n) is 11.1. The van der Waals surface area contributed by atoms with Gasteiger partial charge in [0.05, 0.1) is 11.3 Å². The van der Waals surface area contributed by atoms with Crippen molar-refractivity contribution < 1.29 is 9.53 Å². The molecule has 0 spiro atoms. The minimum atomic E-state index is -0.179. The first kappa shape index (κ1) is 12.2. The van der Waals surface area contributed by atoms with E-state index in [9.17, 15) is 10.0 Å². The Morgan fingerprint density at radius 1 is 1.21 bits per heavy atom. The SMILES string of the molecule is CN1C(=O)/C(=[N+](/[O-])C2CCCCC2)c2ccccc21. The minimum absolute atomic E-state index is 0.0349. The van der Waals surface area contributed by atoms with E-state index >= 15 is 0 Å². The molecule has 19 heavy (non-hydrogen) atoms. The quantitative estimate of drug-likeness (QED) is 0.441. The summed E-state index contributed by atoms with van der Waals surface area (Å²) >= 11 is 0. The molecule has 0 atom stereocenters. The molecule has 1 aliphatic carbocycles. The van der Waals surface area contributed by atoms with Gasteiger partial charge in [-0.15, -0.1) is 0 Å². The summed E-state index contributed by atoms with van der Waals surface area (Å²) in [6, 6.07) is 7.47. The second-order valence-corrected chi connectivity index (χ2v) is 5.35. The lowest BCUT2D eigenvalue weighted by atomic mass is 9.95. The number of amides is 1. The van der Waals surface area contributed by atoms with Gasteiger partial charge in [0, 0.05) is 19.9 Å². The highest BCUT2D eigenvalue weighted by molar-refractivity contribution is 6.52. The van der Waals surface area contributed by atoms with Gasteiger partial charge >= 0.3 is 5.91 Å². The maximum atomic E-state index is 12.6. The van der Waals surface area contributed by atoms with Crippen LogP contribution in [0.2, 0.25) is 0 Å². The lowest BCUT2D eigenvalue weighted by Gasteiger charge is -2.22. The van der Waals surface area contributed by atoms with Crippen molar-refractivity contribution in [2.45, 2.75) is 38.1 Å². The Balaban J connectivity index is 2.06. The first-order valence-electron chi connectivity index (χ1n) is 6.91. The van der Waals surface area contributed by atoms with Crippen LogP contribution in [0.5, 0.6) is 0 Å². The largest absolute Gasteiger partial charge is 0.623 e. The number of rotatable bonds is 1. The van der Waals surface area contributed by atoms with Crippen molar-refractivity contribution in [1.82, 2.24) is 0 Å². The molecule has 1 aromatic carbocycles. The van der Waals surface area contributed by atoms with Gasteiger partial charge in [-0.3, -0.25) is 4.79 Å². The lowest BCUT2D eigenvalue weighted by molar-refractivity contribution is -0.504. The van der Waals surface area contributed by atoms with Crippen LogP contribution in [0.4, 0.5) is 5.69 Å². The summed E-state index contributed by atoms with van der Waals surface area (Å²) in [5.41, 5.74) is 1.93. The standard InChI is InChI=1S/C15H18N2O2/c1-16-13-10-6-5-9-12(13)14(15(16)18)17(19)11-7-3-2-4-8-11/h5-6,9-11H,2-4,7-8H2,1H3/b17-14+. The van der Waals surface area contributed by atoms with E-state index in [2.05, 4.69) is 0 Å². The number of hydrogen-bond donors (Lipinski definition) is 0. The number of anilines is 1. The zero-order valence-corrected chi connectivity index (χ0v) is 11.1. The molecule has 0 aromatic heterocycles. The molecule has 0 bridgehead atoms. The summed E-state index contributed by atoms with van der Waals surface area (Å²) in [4.78, 5) is 13.9. The van der Waals surface area contributed by atoms with Gasteiger partial charge in [-0.1, -0.05) is 18.6 Å². The van der Waals surface area contributed by atoms with Crippen LogP contribution in [-0.2, 0) is 4.79 Å². The normalized spacial score (nSPS) is 22.6. The first-order valence-corrected chi connectivity index (χ1v) is 6.91. The molecule has 1 fully saturated rings. The maximum Gasteiger partial charge on any atom is 0.324 e. The summed E-state index contributed by atoms with van der Waals surface area (Å²) in [5.74, 6) is -0.179. The fourth-order valence-electron chi connectivity index (χ4n) is 3.06. The third-order valence-electron chi connectivity index (χ3n) is 4.15. The molecule has 4 nitrogen and oxygen atoms in total. The number of hydrogen-bond acceptors (Lipinski definition) is 2. The molecule has 1 aromatic rings. The molecule has 100 valence electrons. The van der Waals surface area contributed by atoms with Gasteiger partial charge in [0.15, 0.2) is 6.04 Å². The van der Waals surface area contributed by atoms with Crippen LogP contribution >= 0.6 is 0 Å². The highest BCUT2D eigenvalue weighted by atomic mass is 16.5. The number of nitrogens with zero attached hydrogens (tertiary/aromatic N) is 2. The Kier molecular flexibility index (Phi) is 3.01. The third kappa shape index (κ3) is 1.91. The molecule has 3 rings (SSSR count). The predicted molar refractivity (Wildman–Crippen MR) is 74.5 cm³/mol. The zero-order chi connectivity index (χ0) is 13.4. The number of likely N-dealkylation sites (N-methyl/N-ethyl adjacent to an activating group) is 1. The van der Waals surface area contributed by atoms with E-state index < -0.39 is 0 Å². The summed E-state index contributed by atoms with van der Waals surface area (Å²) in [6.45, 7) is 0. The van der Waals surface area contributed by atoms with Crippen LogP contribution in [-0.4, -0.2) is 29.4 Å². The molecule has 0 unspecified atom stereocenters. The average Bonchev–Trinajstić information content (AvgIpc) is 2.72. The highest BCUT2D eigenvalue weighted by Crippen LogP contribution is 2.29. The summed E-state index contributed by atoms with van der Waals surface area (Å²) < 4.78 is 0.976. The van der Waals surface area contributed by atoms with Crippen molar-refractivity contribution in [3.05, 3.63) is 35.0 Å². The number of fused-ring (bicyclic) bond motifs is 1. The van der Waals surface area contributed by atoms with E-state index in [4.69, 9.17) is 0 Å². The van der Waals surface area contributed by atoms with E-state index in [1.807, 2.05) is 24.3 Å². The Labute approximate surface area is 112 Å². The van der Waals surface area contributed by atoms with Crippen molar-refractivity contribution in [2.24, 2.45) is 0 Å². The van der Waals surface area contributed by atoms with Crippen molar-refractivity contribution in [3.8, 4) is 0 Å².